The Hall–Kier alpha value is -1.16. The number of carbonyl (C=O) groups is 1. The lowest BCUT2D eigenvalue weighted by Gasteiger charge is -2.04. The van der Waals surface area contributed by atoms with Crippen LogP contribution in [0.2, 0.25) is 5.15 Å². The van der Waals surface area contributed by atoms with Crippen LogP contribution in [0.3, 0.4) is 0 Å². The Kier molecular flexibility index (Phi) is 2.83. The van der Waals surface area contributed by atoms with Gasteiger partial charge >= 0.3 is 5.97 Å². The minimum Gasteiger partial charge on any atom is -0.481 e. The molecule has 0 unspecified atom stereocenters. The van der Waals surface area contributed by atoms with E-state index in [0.29, 0.717) is 17.1 Å². The molecule has 13 heavy (non-hydrogen) atoms. The molecule has 0 fully saturated rings. The number of hydrogen-bond donors (Lipinski definition) is 1. The van der Waals surface area contributed by atoms with E-state index in [0.717, 1.165) is 0 Å². The van der Waals surface area contributed by atoms with Crippen molar-refractivity contribution in [3.63, 3.8) is 0 Å². The number of aliphatic carboxylic acids is 1. The molecule has 0 atom stereocenters. The van der Waals surface area contributed by atoms with Crippen LogP contribution in [0, 0.1) is 13.8 Å². The zero-order valence-electron chi connectivity index (χ0n) is 7.33. The van der Waals surface area contributed by atoms with Gasteiger partial charge in [0, 0.05) is 11.3 Å². The molecular formula is C8H9ClN2O2. The molecule has 0 aromatic carbocycles. The van der Waals surface area contributed by atoms with Gasteiger partial charge in [-0.3, -0.25) is 4.79 Å². The lowest BCUT2D eigenvalue weighted by Crippen LogP contribution is -2.06. The maximum Gasteiger partial charge on any atom is 0.308 e. The summed E-state index contributed by atoms with van der Waals surface area (Å²) < 4.78 is 0. The van der Waals surface area contributed by atoms with Crippen LogP contribution in [0.25, 0.3) is 0 Å². The van der Waals surface area contributed by atoms with Crippen LogP contribution in [0.5, 0.6) is 0 Å². The van der Waals surface area contributed by atoms with Crippen LogP contribution in [0.4, 0.5) is 0 Å². The van der Waals surface area contributed by atoms with Gasteiger partial charge in [-0.25, -0.2) is 9.97 Å². The summed E-state index contributed by atoms with van der Waals surface area (Å²) in [6.07, 6.45) is -0.134. The van der Waals surface area contributed by atoms with Crippen molar-refractivity contribution in [1.29, 1.82) is 0 Å². The largest absolute Gasteiger partial charge is 0.481 e. The molecule has 0 bridgehead atoms. The number of carboxylic acids is 1. The fourth-order valence-corrected chi connectivity index (χ4v) is 1.37. The topological polar surface area (TPSA) is 63.1 Å². The first-order valence-corrected chi connectivity index (χ1v) is 4.10. The van der Waals surface area contributed by atoms with Gasteiger partial charge in [-0.05, 0) is 13.8 Å². The number of aromatic nitrogens is 2. The van der Waals surface area contributed by atoms with E-state index in [2.05, 4.69) is 9.97 Å². The van der Waals surface area contributed by atoms with Gasteiger partial charge in [-0.2, -0.15) is 0 Å². The van der Waals surface area contributed by atoms with Crippen LogP contribution >= 0.6 is 11.6 Å². The first-order chi connectivity index (χ1) is 6.00. The van der Waals surface area contributed by atoms with Crippen LogP contribution in [0.15, 0.2) is 0 Å². The first-order valence-electron chi connectivity index (χ1n) is 3.72. The molecule has 0 spiro atoms. The highest BCUT2D eigenvalue weighted by Crippen LogP contribution is 2.16. The highest BCUT2D eigenvalue weighted by atomic mass is 35.5. The molecule has 0 aliphatic rings. The minimum absolute atomic E-state index is 0.134. The second-order valence-electron chi connectivity index (χ2n) is 2.70. The molecule has 0 amide bonds. The molecule has 0 saturated heterocycles. The van der Waals surface area contributed by atoms with Gasteiger partial charge in [0.2, 0.25) is 0 Å². The second-order valence-corrected chi connectivity index (χ2v) is 3.05. The van der Waals surface area contributed by atoms with Crippen LogP contribution in [0.1, 0.15) is 17.1 Å². The predicted molar refractivity (Wildman–Crippen MR) is 47.9 cm³/mol. The lowest BCUT2D eigenvalue weighted by molar-refractivity contribution is -0.136. The summed E-state index contributed by atoms with van der Waals surface area (Å²) in [5.41, 5.74) is 1.11. The molecule has 1 aromatic heterocycles. The Morgan fingerprint density at radius 3 is 2.54 bits per heavy atom. The average molecular weight is 201 g/mol. The maximum atomic E-state index is 10.4. The van der Waals surface area contributed by atoms with E-state index in [4.69, 9.17) is 16.7 Å². The van der Waals surface area contributed by atoms with Crippen molar-refractivity contribution in [3.05, 3.63) is 22.2 Å². The van der Waals surface area contributed by atoms with Crippen molar-refractivity contribution in [1.82, 2.24) is 9.97 Å². The van der Waals surface area contributed by atoms with Gasteiger partial charge < -0.3 is 5.11 Å². The van der Waals surface area contributed by atoms with Crippen LogP contribution in [-0.2, 0) is 11.2 Å². The molecule has 70 valence electrons. The van der Waals surface area contributed by atoms with Crippen molar-refractivity contribution in [2.24, 2.45) is 0 Å². The molecule has 0 saturated carbocycles. The summed E-state index contributed by atoms with van der Waals surface area (Å²) in [6.45, 7) is 3.43. The molecule has 5 heteroatoms. The maximum absolute atomic E-state index is 10.4. The Balaban J connectivity index is 3.13. The molecule has 0 aliphatic heterocycles. The van der Waals surface area contributed by atoms with E-state index >= 15 is 0 Å². The zero-order valence-corrected chi connectivity index (χ0v) is 8.09. The van der Waals surface area contributed by atoms with Gasteiger partial charge in [0.15, 0.2) is 0 Å². The molecule has 1 rings (SSSR count). The van der Waals surface area contributed by atoms with Crippen LogP contribution in [-0.4, -0.2) is 21.0 Å². The molecule has 1 aromatic rings. The zero-order chi connectivity index (χ0) is 10.0. The van der Waals surface area contributed by atoms with Crippen molar-refractivity contribution in [3.8, 4) is 0 Å². The first kappa shape index (κ1) is 9.92. The third-order valence-electron chi connectivity index (χ3n) is 1.60. The lowest BCUT2D eigenvalue weighted by atomic mass is 10.2. The second kappa shape index (κ2) is 3.70. The number of halogens is 1. The molecule has 4 nitrogen and oxygen atoms in total. The fourth-order valence-electron chi connectivity index (χ4n) is 1.05. The summed E-state index contributed by atoms with van der Waals surface area (Å²) in [7, 11) is 0. The summed E-state index contributed by atoms with van der Waals surface area (Å²) in [5.74, 6) is -0.380. The van der Waals surface area contributed by atoms with E-state index in [9.17, 15) is 4.79 Å². The monoisotopic (exact) mass is 200 g/mol. The van der Waals surface area contributed by atoms with Crippen LogP contribution < -0.4 is 0 Å². The highest BCUT2D eigenvalue weighted by molar-refractivity contribution is 6.30. The summed E-state index contributed by atoms with van der Waals surface area (Å²) >= 11 is 5.76. The standard InChI is InChI=1S/C8H9ClN2O2/c1-4-6(3-7(12)13)8(9)11-5(2)10-4/h3H2,1-2H3,(H,12,13). The molecule has 1 N–H and O–H groups in total. The van der Waals surface area contributed by atoms with E-state index in [-0.39, 0.29) is 11.6 Å². The Morgan fingerprint density at radius 2 is 2.08 bits per heavy atom. The number of hydrogen-bond acceptors (Lipinski definition) is 3. The van der Waals surface area contributed by atoms with Crippen molar-refractivity contribution in [2.75, 3.05) is 0 Å². The van der Waals surface area contributed by atoms with Gasteiger partial charge in [-0.1, -0.05) is 11.6 Å². The van der Waals surface area contributed by atoms with E-state index in [1.54, 1.807) is 13.8 Å². The molecule has 0 aliphatic carbocycles. The normalized spacial score (nSPS) is 10.1. The van der Waals surface area contributed by atoms with Crippen molar-refractivity contribution < 1.29 is 9.90 Å². The number of nitrogens with zero attached hydrogens (tertiary/aromatic N) is 2. The van der Waals surface area contributed by atoms with Gasteiger partial charge in [0.05, 0.1) is 6.42 Å². The fraction of sp³-hybridized carbons (Fsp3) is 0.375. The highest BCUT2D eigenvalue weighted by Gasteiger charge is 2.11. The Labute approximate surface area is 80.6 Å². The van der Waals surface area contributed by atoms with Gasteiger partial charge in [0.25, 0.3) is 0 Å². The third-order valence-corrected chi connectivity index (χ3v) is 1.92. The third kappa shape index (κ3) is 2.39. The smallest absolute Gasteiger partial charge is 0.308 e. The summed E-state index contributed by atoms with van der Waals surface area (Å²) in [6, 6.07) is 0. The van der Waals surface area contributed by atoms with Crippen molar-refractivity contribution in [2.45, 2.75) is 20.3 Å². The predicted octanol–water partition coefficient (Wildman–Crippen LogP) is 1.37. The SMILES string of the molecule is Cc1nc(C)c(CC(=O)O)c(Cl)n1. The van der Waals surface area contributed by atoms with Gasteiger partial charge in [0.1, 0.15) is 11.0 Å². The molecule has 0 radical (unpaired) electrons. The van der Waals surface area contributed by atoms with Gasteiger partial charge in [-0.15, -0.1) is 0 Å². The van der Waals surface area contributed by atoms with E-state index in [1.807, 2.05) is 0 Å². The Morgan fingerprint density at radius 1 is 1.46 bits per heavy atom. The molecule has 1 heterocycles. The van der Waals surface area contributed by atoms with Crippen molar-refractivity contribution >= 4 is 17.6 Å². The summed E-state index contributed by atoms with van der Waals surface area (Å²) in [5, 5.41) is 8.80. The van der Waals surface area contributed by atoms with E-state index in [1.165, 1.54) is 0 Å². The quantitative estimate of drug-likeness (QED) is 0.733. The number of carboxylic acid groups (broad SMARTS) is 1. The number of aryl methyl sites for hydroxylation is 2. The average Bonchev–Trinajstić information content (AvgIpc) is 1.96. The minimum atomic E-state index is -0.933. The Bertz CT molecular complexity index is 329. The van der Waals surface area contributed by atoms with E-state index < -0.39 is 5.97 Å². The number of rotatable bonds is 2. The summed E-state index contributed by atoms with van der Waals surface area (Å²) in [4.78, 5) is 18.4. The molecular weight excluding hydrogens is 192 g/mol.